The summed E-state index contributed by atoms with van der Waals surface area (Å²) in [5, 5.41) is 0. The zero-order chi connectivity index (χ0) is 12.6. The largest absolute Gasteiger partial charge is 0.363 e. The molecular weight excluding hydrogens is 222 g/mol. The monoisotopic (exact) mass is 245 g/mol. The summed E-state index contributed by atoms with van der Waals surface area (Å²) in [5.41, 5.74) is 5.28. The van der Waals surface area contributed by atoms with Gasteiger partial charge in [0.1, 0.15) is 0 Å². The Hall–Kier alpha value is -1.02. The molecule has 0 aromatic heterocycles. The molecule has 0 aliphatic carbocycles. The average molecular weight is 245 g/mol. The lowest BCUT2D eigenvalue weighted by atomic mass is 10.2. The van der Waals surface area contributed by atoms with Crippen molar-refractivity contribution < 1.29 is 0 Å². The highest BCUT2D eigenvalue weighted by Gasteiger charge is 2.49. The molecule has 1 fully saturated rings. The standard InChI is InChI=1S/C15H23NSi/c1-12(2)14-15(17(3,4)5)16(14)11-13-9-7-6-8-10-13/h6-10,15H,11H2,1-5H3. The minimum absolute atomic E-state index is 0.757. The van der Waals surface area contributed by atoms with Crippen LogP contribution in [-0.2, 0) is 6.54 Å². The van der Waals surface area contributed by atoms with Crippen LogP contribution >= 0.6 is 0 Å². The Kier molecular flexibility index (Phi) is 3.17. The van der Waals surface area contributed by atoms with E-state index in [9.17, 15) is 0 Å². The van der Waals surface area contributed by atoms with Crippen LogP contribution in [-0.4, -0.2) is 18.6 Å². The second kappa shape index (κ2) is 4.34. The molecule has 1 atom stereocenters. The van der Waals surface area contributed by atoms with E-state index in [0.717, 1.165) is 12.2 Å². The summed E-state index contributed by atoms with van der Waals surface area (Å²) in [5.74, 6) is 0. The van der Waals surface area contributed by atoms with E-state index in [4.69, 9.17) is 0 Å². The van der Waals surface area contributed by atoms with E-state index in [-0.39, 0.29) is 0 Å². The molecule has 0 radical (unpaired) electrons. The molecular formula is C15H23NSi. The Morgan fingerprint density at radius 1 is 1.12 bits per heavy atom. The number of rotatable bonds is 3. The van der Waals surface area contributed by atoms with Crippen LogP contribution in [0.1, 0.15) is 19.4 Å². The first kappa shape index (κ1) is 12.4. The molecule has 17 heavy (non-hydrogen) atoms. The lowest BCUT2D eigenvalue weighted by Gasteiger charge is -2.15. The highest BCUT2D eigenvalue weighted by Crippen LogP contribution is 2.42. The topological polar surface area (TPSA) is 3.01 Å². The fourth-order valence-corrected chi connectivity index (χ4v) is 4.99. The molecule has 0 saturated carbocycles. The van der Waals surface area contributed by atoms with E-state index in [1.165, 1.54) is 11.1 Å². The minimum Gasteiger partial charge on any atom is -0.363 e. The normalized spacial score (nSPS) is 19.5. The third kappa shape index (κ3) is 2.63. The van der Waals surface area contributed by atoms with Gasteiger partial charge < -0.3 is 4.90 Å². The van der Waals surface area contributed by atoms with Gasteiger partial charge in [-0.2, -0.15) is 0 Å². The van der Waals surface area contributed by atoms with Gasteiger partial charge in [-0.1, -0.05) is 55.5 Å². The summed E-state index contributed by atoms with van der Waals surface area (Å²) in [6, 6.07) is 10.8. The van der Waals surface area contributed by atoms with Crippen LogP contribution < -0.4 is 0 Å². The van der Waals surface area contributed by atoms with Crippen LogP contribution in [0.4, 0.5) is 0 Å². The Labute approximate surface area is 106 Å². The highest BCUT2D eigenvalue weighted by molar-refractivity contribution is 6.79. The van der Waals surface area contributed by atoms with Crippen molar-refractivity contribution >= 4 is 8.07 Å². The van der Waals surface area contributed by atoms with E-state index >= 15 is 0 Å². The first-order chi connectivity index (χ1) is 7.91. The van der Waals surface area contributed by atoms with Crippen molar-refractivity contribution in [2.75, 3.05) is 0 Å². The molecule has 1 unspecified atom stereocenters. The van der Waals surface area contributed by atoms with E-state index in [1.54, 1.807) is 5.70 Å². The highest BCUT2D eigenvalue weighted by atomic mass is 28.3. The summed E-state index contributed by atoms with van der Waals surface area (Å²) in [6.45, 7) is 13.0. The quantitative estimate of drug-likeness (QED) is 0.573. The molecule has 2 rings (SSSR count). The maximum absolute atomic E-state index is 2.59. The number of hydrogen-bond donors (Lipinski definition) is 0. The van der Waals surface area contributed by atoms with Crippen LogP contribution in [0.2, 0.25) is 19.6 Å². The fraction of sp³-hybridized carbons (Fsp3) is 0.467. The maximum atomic E-state index is 2.59. The zero-order valence-corrected chi connectivity index (χ0v) is 12.6. The van der Waals surface area contributed by atoms with Crippen LogP contribution in [0.15, 0.2) is 41.6 Å². The van der Waals surface area contributed by atoms with Gasteiger partial charge in [-0.25, -0.2) is 0 Å². The fourth-order valence-electron chi connectivity index (χ4n) is 2.63. The molecule has 1 saturated heterocycles. The summed E-state index contributed by atoms with van der Waals surface area (Å²) < 4.78 is 0. The van der Waals surface area contributed by atoms with Crippen LogP contribution in [0.25, 0.3) is 0 Å². The molecule has 0 amide bonds. The molecule has 1 aliphatic rings. The summed E-state index contributed by atoms with van der Waals surface area (Å²) in [4.78, 5) is 2.59. The van der Waals surface area contributed by atoms with E-state index in [2.05, 4.69) is 68.7 Å². The van der Waals surface area contributed by atoms with Crippen molar-refractivity contribution in [1.29, 1.82) is 0 Å². The second-order valence-corrected chi connectivity index (χ2v) is 11.5. The minimum atomic E-state index is -1.10. The Balaban J connectivity index is 2.16. The number of nitrogens with zero attached hydrogens (tertiary/aromatic N) is 1. The predicted molar refractivity (Wildman–Crippen MR) is 77.5 cm³/mol. The van der Waals surface area contributed by atoms with Crippen molar-refractivity contribution in [1.82, 2.24) is 4.90 Å². The second-order valence-electron chi connectivity index (χ2n) is 6.27. The number of hydrogen-bond acceptors (Lipinski definition) is 1. The number of allylic oxidation sites excluding steroid dienone is 1. The molecule has 0 bridgehead atoms. The van der Waals surface area contributed by atoms with Crippen molar-refractivity contribution in [3.63, 3.8) is 0 Å². The summed E-state index contributed by atoms with van der Waals surface area (Å²) >= 11 is 0. The first-order valence-corrected chi connectivity index (χ1v) is 9.97. The number of benzene rings is 1. The van der Waals surface area contributed by atoms with Gasteiger partial charge in [-0.3, -0.25) is 0 Å². The first-order valence-electron chi connectivity index (χ1n) is 6.39. The van der Waals surface area contributed by atoms with Crippen molar-refractivity contribution in [3.05, 3.63) is 47.2 Å². The molecule has 2 heteroatoms. The van der Waals surface area contributed by atoms with Crippen LogP contribution in [0.3, 0.4) is 0 Å². The molecule has 92 valence electrons. The van der Waals surface area contributed by atoms with Gasteiger partial charge in [-0.05, 0) is 19.4 Å². The molecule has 1 heterocycles. The van der Waals surface area contributed by atoms with E-state index < -0.39 is 8.07 Å². The molecule has 1 aromatic rings. The molecule has 0 spiro atoms. The van der Waals surface area contributed by atoms with Crippen molar-refractivity contribution in [3.8, 4) is 0 Å². The third-order valence-electron chi connectivity index (χ3n) is 3.34. The Bertz CT molecular complexity index is 424. The molecule has 1 aliphatic heterocycles. The van der Waals surface area contributed by atoms with Crippen molar-refractivity contribution in [2.45, 2.75) is 45.7 Å². The molecule has 1 nitrogen and oxygen atoms in total. The Morgan fingerprint density at radius 3 is 2.12 bits per heavy atom. The lowest BCUT2D eigenvalue weighted by molar-refractivity contribution is 0.555. The predicted octanol–water partition coefficient (Wildman–Crippen LogP) is 4.04. The average Bonchev–Trinajstić information content (AvgIpc) is 2.93. The smallest absolute Gasteiger partial charge is 0.0780 e. The van der Waals surface area contributed by atoms with Gasteiger partial charge >= 0.3 is 0 Å². The van der Waals surface area contributed by atoms with Gasteiger partial charge in [0.25, 0.3) is 0 Å². The van der Waals surface area contributed by atoms with Gasteiger partial charge in [0.2, 0.25) is 0 Å². The van der Waals surface area contributed by atoms with Crippen molar-refractivity contribution in [2.24, 2.45) is 0 Å². The summed E-state index contributed by atoms with van der Waals surface area (Å²) in [7, 11) is -1.10. The van der Waals surface area contributed by atoms with E-state index in [0.29, 0.717) is 0 Å². The SMILES string of the molecule is CC(C)=C1C([Si](C)(C)C)N1Cc1ccccc1. The Morgan fingerprint density at radius 2 is 1.71 bits per heavy atom. The van der Waals surface area contributed by atoms with Gasteiger partial charge in [0, 0.05) is 12.2 Å². The molecule has 1 aromatic carbocycles. The third-order valence-corrected chi connectivity index (χ3v) is 5.57. The van der Waals surface area contributed by atoms with Gasteiger partial charge in [0.15, 0.2) is 0 Å². The summed E-state index contributed by atoms with van der Waals surface area (Å²) in [6.07, 6.45) is 0. The molecule has 0 N–H and O–H groups in total. The van der Waals surface area contributed by atoms with Crippen LogP contribution in [0.5, 0.6) is 0 Å². The van der Waals surface area contributed by atoms with Gasteiger partial charge in [0.05, 0.1) is 13.7 Å². The van der Waals surface area contributed by atoms with E-state index in [1.807, 2.05) is 0 Å². The van der Waals surface area contributed by atoms with Gasteiger partial charge in [-0.15, -0.1) is 0 Å². The van der Waals surface area contributed by atoms with Crippen LogP contribution in [0, 0.1) is 0 Å². The zero-order valence-electron chi connectivity index (χ0n) is 11.6. The lowest BCUT2D eigenvalue weighted by Crippen LogP contribution is -2.31. The maximum Gasteiger partial charge on any atom is 0.0780 e.